The Kier molecular flexibility index (Phi) is 7.90. The molecule has 35 heavy (non-hydrogen) atoms. The van der Waals surface area contributed by atoms with Crippen molar-refractivity contribution >= 4 is 43.8 Å². The molecule has 0 unspecified atom stereocenters. The number of thiazole rings is 1. The van der Waals surface area contributed by atoms with Gasteiger partial charge >= 0.3 is 0 Å². The topological polar surface area (TPSA) is 126 Å². The predicted octanol–water partition coefficient (Wildman–Crippen LogP) is 4.15. The molecule has 12 heteroatoms. The van der Waals surface area contributed by atoms with Crippen molar-refractivity contribution in [3.63, 3.8) is 0 Å². The Morgan fingerprint density at radius 1 is 1.17 bits per heavy atom. The second-order valence-corrected chi connectivity index (χ2v) is 11.6. The standard InChI is InChI=1S/C23H26F2N4O4S2/c1-23(2,31)12-5-13-29(3)35(32,33)15-10-8-14(9-11-15)27-22-28-21(26)20(34-22)19(30)18-16(24)6-4-7-17(18)25/h4,6-11,31H,5,12-13,26H2,1-3H3,(H,27,28). The summed E-state index contributed by atoms with van der Waals surface area (Å²) in [5, 5.41) is 12.9. The Labute approximate surface area is 206 Å². The number of halogens is 2. The van der Waals surface area contributed by atoms with Crippen LogP contribution in [-0.2, 0) is 10.0 Å². The van der Waals surface area contributed by atoms with E-state index in [9.17, 15) is 27.1 Å². The van der Waals surface area contributed by atoms with Crippen LogP contribution in [0.5, 0.6) is 0 Å². The Balaban J connectivity index is 1.72. The normalized spacial score (nSPS) is 12.2. The number of ketones is 1. The minimum absolute atomic E-state index is 0.0818. The molecule has 0 spiro atoms. The van der Waals surface area contributed by atoms with E-state index in [0.717, 1.165) is 29.5 Å². The van der Waals surface area contributed by atoms with Crippen LogP contribution in [0.3, 0.4) is 0 Å². The van der Waals surface area contributed by atoms with Crippen molar-refractivity contribution in [2.75, 3.05) is 24.6 Å². The summed E-state index contributed by atoms with van der Waals surface area (Å²) in [7, 11) is -2.25. The van der Waals surface area contributed by atoms with Crippen molar-refractivity contribution in [3.8, 4) is 0 Å². The van der Waals surface area contributed by atoms with E-state index in [2.05, 4.69) is 10.3 Å². The van der Waals surface area contributed by atoms with Crippen LogP contribution in [0.4, 0.5) is 25.4 Å². The van der Waals surface area contributed by atoms with Crippen LogP contribution in [0, 0.1) is 11.6 Å². The number of sulfonamides is 1. The van der Waals surface area contributed by atoms with Gasteiger partial charge in [0.25, 0.3) is 0 Å². The van der Waals surface area contributed by atoms with Crippen LogP contribution in [0.25, 0.3) is 0 Å². The van der Waals surface area contributed by atoms with Gasteiger partial charge in [-0.2, -0.15) is 0 Å². The number of nitrogen functional groups attached to an aromatic ring is 1. The second-order valence-electron chi connectivity index (χ2n) is 8.55. The van der Waals surface area contributed by atoms with Crippen LogP contribution in [0.1, 0.15) is 41.9 Å². The molecular weight excluding hydrogens is 498 g/mol. The molecule has 188 valence electrons. The summed E-state index contributed by atoms with van der Waals surface area (Å²) in [4.78, 5) is 16.6. The zero-order chi connectivity index (χ0) is 26.0. The van der Waals surface area contributed by atoms with E-state index in [-0.39, 0.29) is 27.3 Å². The summed E-state index contributed by atoms with van der Waals surface area (Å²) in [5.41, 5.74) is 4.70. The number of nitrogens with two attached hydrogens (primary N) is 1. The van der Waals surface area contributed by atoms with Gasteiger partial charge in [0.1, 0.15) is 22.3 Å². The Hall–Kier alpha value is -2.93. The third kappa shape index (κ3) is 6.40. The van der Waals surface area contributed by atoms with E-state index in [0.29, 0.717) is 18.5 Å². The SMILES string of the molecule is CN(CCCC(C)(C)O)S(=O)(=O)c1ccc(Nc2nc(N)c(C(=O)c3c(F)cccc3F)s2)cc1. The molecule has 1 heterocycles. The molecule has 2 aromatic carbocycles. The number of aliphatic hydroxyl groups is 1. The summed E-state index contributed by atoms with van der Waals surface area (Å²) in [6.07, 6.45) is 0.961. The second kappa shape index (κ2) is 10.4. The highest BCUT2D eigenvalue weighted by Gasteiger charge is 2.25. The van der Waals surface area contributed by atoms with Crippen LogP contribution < -0.4 is 11.1 Å². The number of aromatic nitrogens is 1. The van der Waals surface area contributed by atoms with Crippen molar-refractivity contribution in [1.82, 2.24) is 9.29 Å². The van der Waals surface area contributed by atoms with Gasteiger partial charge in [0.15, 0.2) is 5.13 Å². The molecule has 3 rings (SSSR count). The average molecular weight is 525 g/mol. The maximum Gasteiger partial charge on any atom is 0.242 e. The fraction of sp³-hybridized carbons (Fsp3) is 0.304. The molecule has 0 aliphatic rings. The minimum Gasteiger partial charge on any atom is -0.390 e. The molecule has 0 fully saturated rings. The van der Waals surface area contributed by atoms with Crippen LogP contribution >= 0.6 is 11.3 Å². The van der Waals surface area contributed by atoms with Gasteiger partial charge in [-0.1, -0.05) is 17.4 Å². The van der Waals surface area contributed by atoms with E-state index in [1.165, 1.54) is 35.6 Å². The van der Waals surface area contributed by atoms with Crippen molar-refractivity contribution < 1.29 is 27.1 Å². The highest BCUT2D eigenvalue weighted by Crippen LogP contribution is 2.31. The number of carbonyl (C=O) groups excluding carboxylic acids is 1. The fourth-order valence-electron chi connectivity index (χ4n) is 3.24. The number of hydrogen-bond acceptors (Lipinski definition) is 8. The highest BCUT2D eigenvalue weighted by molar-refractivity contribution is 7.89. The molecule has 8 nitrogen and oxygen atoms in total. The first-order chi connectivity index (χ1) is 16.3. The van der Waals surface area contributed by atoms with Gasteiger partial charge in [0.05, 0.1) is 16.1 Å². The van der Waals surface area contributed by atoms with E-state index >= 15 is 0 Å². The van der Waals surface area contributed by atoms with Crippen molar-refractivity contribution in [3.05, 3.63) is 64.5 Å². The lowest BCUT2D eigenvalue weighted by Gasteiger charge is -2.21. The third-order valence-electron chi connectivity index (χ3n) is 5.12. The fourth-order valence-corrected chi connectivity index (χ4v) is 5.31. The molecule has 4 N–H and O–H groups in total. The molecule has 0 saturated heterocycles. The van der Waals surface area contributed by atoms with Gasteiger partial charge in [-0.15, -0.1) is 0 Å². The summed E-state index contributed by atoms with van der Waals surface area (Å²) in [6, 6.07) is 8.99. The maximum absolute atomic E-state index is 14.0. The molecule has 0 atom stereocenters. The quantitative estimate of drug-likeness (QED) is 0.340. The zero-order valence-corrected chi connectivity index (χ0v) is 21.0. The lowest BCUT2D eigenvalue weighted by molar-refractivity contribution is 0.0676. The number of carbonyl (C=O) groups is 1. The van der Waals surface area contributed by atoms with Gasteiger partial charge in [-0.3, -0.25) is 4.79 Å². The smallest absolute Gasteiger partial charge is 0.242 e. The Morgan fingerprint density at radius 3 is 2.34 bits per heavy atom. The van der Waals surface area contributed by atoms with Gasteiger partial charge in [-0.25, -0.2) is 26.5 Å². The highest BCUT2D eigenvalue weighted by atomic mass is 32.2. The summed E-state index contributed by atoms with van der Waals surface area (Å²) < 4.78 is 54.8. The number of benzene rings is 2. The molecule has 0 bridgehead atoms. The first-order valence-corrected chi connectivity index (χ1v) is 12.9. The maximum atomic E-state index is 14.0. The van der Waals surface area contributed by atoms with Gasteiger partial charge in [-0.05, 0) is 63.1 Å². The van der Waals surface area contributed by atoms with Crippen molar-refractivity contribution in [2.45, 2.75) is 37.2 Å². The van der Waals surface area contributed by atoms with E-state index in [1.54, 1.807) is 13.8 Å². The van der Waals surface area contributed by atoms with Gasteiger partial charge in [0, 0.05) is 19.3 Å². The number of rotatable bonds is 10. The molecular formula is C23H26F2N4O4S2. The number of anilines is 3. The lowest BCUT2D eigenvalue weighted by Crippen LogP contribution is -2.29. The van der Waals surface area contributed by atoms with E-state index in [4.69, 9.17) is 5.73 Å². The lowest BCUT2D eigenvalue weighted by atomic mass is 10.0. The summed E-state index contributed by atoms with van der Waals surface area (Å²) in [5.74, 6) is -3.10. The van der Waals surface area contributed by atoms with Crippen molar-refractivity contribution in [1.29, 1.82) is 0 Å². The van der Waals surface area contributed by atoms with Crippen LogP contribution in [-0.4, -0.2) is 47.8 Å². The minimum atomic E-state index is -3.72. The zero-order valence-electron chi connectivity index (χ0n) is 19.4. The summed E-state index contributed by atoms with van der Waals surface area (Å²) in [6.45, 7) is 3.59. The first kappa shape index (κ1) is 26.7. The van der Waals surface area contributed by atoms with Crippen LogP contribution in [0.2, 0.25) is 0 Å². The molecule has 0 aliphatic heterocycles. The number of nitrogens with one attached hydrogen (secondary N) is 1. The third-order valence-corrected chi connectivity index (χ3v) is 7.98. The number of hydrogen-bond donors (Lipinski definition) is 3. The largest absolute Gasteiger partial charge is 0.390 e. The monoisotopic (exact) mass is 524 g/mol. The van der Waals surface area contributed by atoms with E-state index in [1.807, 2.05) is 0 Å². The molecule has 1 aromatic heterocycles. The molecule has 3 aromatic rings. The van der Waals surface area contributed by atoms with Gasteiger partial charge < -0.3 is 16.2 Å². The molecule has 0 saturated carbocycles. The Bertz CT molecular complexity index is 1300. The predicted molar refractivity (Wildman–Crippen MR) is 131 cm³/mol. The average Bonchev–Trinajstić information content (AvgIpc) is 3.12. The first-order valence-electron chi connectivity index (χ1n) is 10.6. The number of nitrogens with zero attached hydrogens (tertiary/aromatic N) is 2. The molecule has 0 aliphatic carbocycles. The van der Waals surface area contributed by atoms with Crippen LogP contribution in [0.15, 0.2) is 47.4 Å². The molecule has 0 radical (unpaired) electrons. The molecule has 0 amide bonds. The van der Waals surface area contributed by atoms with Gasteiger partial charge in [0.2, 0.25) is 15.8 Å². The Morgan fingerprint density at radius 2 is 1.77 bits per heavy atom. The summed E-state index contributed by atoms with van der Waals surface area (Å²) >= 11 is 0.823. The van der Waals surface area contributed by atoms with Crippen molar-refractivity contribution in [2.24, 2.45) is 0 Å². The van der Waals surface area contributed by atoms with E-state index < -0.39 is 38.6 Å².